The van der Waals surface area contributed by atoms with Gasteiger partial charge in [-0.1, -0.05) is 19.9 Å². The van der Waals surface area contributed by atoms with E-state index in [2.05, 4.69) is 23.9 Å². The summed E-state index contributed by atoms with van der Waals surface area (Å²) in [5.74, 6) is 0.0291. The highest BCUT2D eigenvalue weighted by molar-refractivity contribution is 7.92. The van der Waals surface area contributed by atoms with Crippen LogP contribution < -0.4 is 10.0 Å². The number of rotatable bonds is 8. The van der Waals surface area contributed by atoms with Crippen molar-refractivity contribution >= 4 is 25.8 Å². The maximum atomic E-state index is 12.5. The van der Waals surface area contributed by atoms with Gasteiger partial charge in [0, 0.05) is 18.2 Å². The zero-order chi connectivity index (χ0) is 19.4. The smallest absolute Gasteiger partial charge is 0.251 e. The van der Waals surface area contributed by atoms with Crippen LogP contribution in [0.1, 0.15) is 43.5 Å². The first-order chi connectivity index (χ1) is 12.1. The first kappa shape index (κ1) is 20.9. The van der Waals surface area contributed by atoms with Gasteiger partial charge < -0.3 is 5.32 Å². The molecule has 2 N–H and O–H groups in total. The average molecular weight is 403 g/mol. The fourth-order valence-electron chi connectivity index (χ4n) is 2.79. The van der Waals surface area contributed by atoms with Crippen molar-refractivity contribution in [3.63, 3.8) is 0 Å². The summed E-state index contributed by atoms with van der Waals surface area (Å²) in [5, 5.41) is 2.78. The molecule has 2 rings (SSSR count). The molecule has 1 aromatic rings. The number of carbonyl (C=O) groups excluding carboxylic acids is 1. The van der Waals surface area contributed by atoms with Crippen LogP contribution in [0, 0.1) is 5.92 Å². The molecule has 0 radical (unpaired) electrons. The molecule has 1 amide bonds. The van der Waals surface area contributed by atoms with Gasteiger partial charge in [-0.2, -0.15) is 0 Å². The van der Waals surface area contributed by atoms with E-state index in [0.717, 1.165) is 12.8 Å². The van der Waals surface area contributed by atoms with Crippen LogP contribution in [-0.2, 0) is 19.9 Å². The minimum atomic E-state index is -3.88. The highest BCUT2D eigenvalue weighted by atomic mass is 32.2. The van der Waals surface area contributed by atoms with Crippen molar-refractivity contribution in [2.75, 3.05) is 18.1 Å². The highest BCUT2D eigenvalue weighted by Gasteiger charge is 2.31. The van der Waals surface area contributed by atoms with Crippen LogP contribution in [0.25, 0.3) is 0 Å². The molecule has 9 heteroatoms. The average Bonchev–Trinajstić information content (AvgIpc) is 2.89. The number of hydrogen-bond donors (Lipinski definition) is 2. The van der Waals surface area contributed by atoms with Crippen LogP contribution in [-0.4, -0.2) is 46.8 Å². The van der Waals surface area contributed by atoms with Gasteiger partial charge >= 0.3 is 0 Å². The number of amides is 1. The monoisotopic (exact) mass is 402 g/mol. The summed E-state index contributed by atoms with van der Waals surface area (Å²) in [6.07, 6.45) is 2.12. The molecule has 0 aliphatic carbocycles. The Hall–Kier alpha value is -1.45. The molecule has 1 fully saturated rings. The largest absolute Gasteiger partial charge is 0.352 e. The summed E-state index contributed by atoms with van der Waals surface area (Å²) in [6, 6.07) is 5.13. The molecule has 1 saturated heterocycles. The van der Waals surface area contributed by atoms with Gasteiger partial charge in [0.25, 0.3) is 5.91 Å². The van der Waals surface area contributed by atoms with Crippen molar-refractivity contribution in [1.29, 1.82) is 0 Å². The van der Waals surface area contributed by atoms with Gasteiger partial charge in [0.05, 0.1) is 16.4 Å². The van der Waals surface area contributed by atoms with Crippen LogP contribution in [0.2, 0.25) is 0 Å². The molecule has 1 aromatic carbocycles. The molecule has 0 spiro atoms. The van der Waals surface area contributed by atoms with Crippen molar-refractivity contribution < 1.29 is 21.6 Å². The minimum Gasteiger partial charge on any atom is -0.352 e. The Kier molecular flexibility index (Phi) is 6.81. The van der Waals surface area contributed by atoms with Gasteiger partial charge in [0.2, 0.25) is 10.0 Å². The Balaban J connectivity index is 2.02. The third-order valence-corrected chi connectivity index (χ3v) is 7.49. The van der Waals surface area contributed by atoms with Gasteiger partial charge in [0.15, 0.2) is 9.84 Å². The van der Waals surface area contributed by atoms with Crippen LogP contribution in [0.15, 0.2) is 29.2 Å². The second-order valence-electron chi connectivity index (χ2n) is 7.04. The van der Waals surface area contributed by atoms with Crippen molar-refractivity contribution in [1.82, 2.24) is 10.0 Å². The molecule has 1 aliphatic heterocycles. The SMILES string of the molecule is CC(C)CCCNC(=O)c1cccc(S(=O)(=O)NC2CCS(=O)(=O)C2)c1. The molecule has 1 unspecified atom stereocenters. The molecule has 7 nitrogen and oxygen atoms in total. The Morgan fingerprint density at radius 2 is 2.04 bits per heavy atom. The number of sulfonamides is 1. The summed E-state index contributed by atoms with van der Waals surface area (Å²) in [6.45, 7) is 4.75. The lowest BCUT2D eigenvalue weighted by Crippen LogP contribution is -2.35. The minimum absolute atomic E-state index is 0.0149. The first-order valence-corrected chi connectivity index (χ1v) is 12.0. The van der Waals surface area contributed by atoms with Crippen LogP contribution in [0.5, 0.6) is 0 Å². The maximum absolute atomic E-state index is 12.5. The topological polar surface area (TPSA) is 109 Å². The number of nitrogens with one attached hydrogen (secondary N) is 2. The van der Waals surface area contributed by atoms with Gasteiger partial charge in [-0.3, -0.25) is 4.79 Å². The van der Waals surface area contributed by atoms with E-state index in [0.29, 0.717) is 12.5 Å². The predicted octanol–water partition coefficient (Wildman–Crippen LogP) is 1.32. The number of benzene rings is 1. The van der Waals surface area contributed by atoms with E-state index >= 15 is 0 Å². The quantitative estimate of drug-likeness (QED) is 0.637. The van der Waals surface area contributed by atoms with E-state index in [1.54, 1.807) is 6.07 Å². The maximum Gasteiger partial charge on any atom is 0.251 e. The van der Waals surface area contributed by atoms with Crippen molar-refractivity contribution in [3.05, 3.63) is 29.8 Å². The fourth-order valence-corrected chi connectivity index (χ4v) is 5.89. The van der Waals surface area contributed by atoms with Gasteiger partial charge in [0.1, 0.15) is 0 Å². The van der Waals surface area contributed by atoms with Crippen molar-refractivity contribution in [2.45, 2.75) is 44.0 Å². The number of carbonyl (C=O) groups is 1. The normalized spacial score (nSPS) is 19.6. The number of hydrogen-bond acceptors (Lipinski definition) is 5. The Bertz CT molecular complexity index is 848. The second kappa shape index (κ2) is 8.49. The fraction of sp³-hybridized carbons (Fsp3) is 0.588. The van der Waals surface area contributed by atoms with Gasteiger partial charge in [-0.15, -0.1) is 0 Å². The molecular formula is C17H26N2O5S2. The van der Waals surface area contributed by atoms with E-state index in [1.807, 2.05) is 0 Å². The zero-order valence-electron chi connectivity index (χ0n) is 15.1. The zero-order valence-corrected chi connectivity index (χ0v) is 16.7. The Morgan fingerprint density at radius 3 is 2.65 bits per heavy atom. The second-order valence-corrected chi connectivity index (χ2v) is 11.0. The summed E-state index contributed by atoms with van der Waals surface area (Å²) >= 11 is 0. The lowest BCUT2D eigenvalue weighted by Gasteiger charge is -2.12. The summed E-state index contributed by atoms with van der Waals surface area (Å²) < 4.78 is 50.3. The predicted molar refractivity (Wildman–Crippen MR) is 100 cm³/mol. The third-order valence-electron chi connectivity index (χ3n) is 4.20. The summed E-state index contributed by atoms with van der Waals surface area (Å²) in [4.78, 5) is 12.1. The van der Waals surface area contributed by atoms with E-state index in [9.17, 15) is 21.6 Å². The molecule has 26 heavy (non-hydrogen) atoms. The Morgan fingerprint density at radius 1 is 1.31 bits per heavy atom. The Labute approximate surface area is 155 Å². The summed E-state index contributed by atoms with van der Waals surface area (Å²) in [5.41, 5.74) is 0.261. The van der Waals surface area contributed by atoms with E-state index in [-0.39, 0.29) is 34.3 Å². The van der Waals surface area contributed by atoms with E-state index in [4.69, 9.17) is 0 Å². The standard InChI is InChI=1S/C17H26N2O5S2/c1-13(2)5-4-9-18-17(20)14-6-3-7-16(11-14)26(23,24)19-15-8-10-25(21,22)12-15/h3,6-7,11,13,15,19H,4-5,8-10,12H2,1-2H3,(H,18,20). The third kappa shape index (κ3) is 6.07. The molecular weight excluding hydrogens is 376 g/mol. The molecule has 0 bridgehead atoms. The van der Waals surface area contributed by atoms with Crippen molar-refractivity contribution in [2.24, 2.45) is 5.92 Å². The molecule has 0 saturated carbocycles. The first-order valence-electron chi connectivity index (χ1n) is 8.70. The van der Waals surface area contributed by atoms with E-state index < -0.39 is 25.9 Å². The van der Waals surface area contributed by atoms with E-state index in [1.165, 1.54) is 18.2 Å². The van der Waals surface area contributed by atoms with Crippen LogP contribution in [0.3, 0.4) is 0 Å². The lowest BCUT2D eigenvalue weighted by molar-refractivity contribution is 0.0952. The van der Waals surface area contributed by atoms with Gasteiger partial charge in [-0.25, -0.2) is 21.6 Å². The highest BCUT2D eigenvalue weighted by Crippen LogP contribution is 2.17. The van der Waals surface area contributed by atoms with Crippen molar-refractivity contribution in [3.8, 4) is 0 Å². The van der Waals surface area contributed by atoms with Crippen LogP contribution in [0.4, 0.5) is 0 Å². The molecule has 146 valence electrons. The lowest BCUT2D eigenvalue weighted by atomic mass is 10.1. The molecule has 1 aliphatic rings. The van der Waals surface area contributed by atoms with Gasteiger partial charge in [-0.05, 0) is 43.4 Å². The number of sulfone groups is 1. The van der Waals surface area contributed by atoms with Crippen LogP contribution >= 0.6 is 0 Å². The molecule has 1 heterocycles. The molecule has 1 atom stereocenters. The molecule has 0 aromatic heterocycles. The summed E-state index contributed by atoms with van der Waals surface area (Å²) in [7, 11) is -7.06.